The zero-order chi connectivity index (χ0) is 11.3. The van der Waals surface area contributed by atoms with E-state index in [0.29, 0.717) is 0 Å². The molecule has 0 N–H and O–H groups in total. The zero-order valence-electron chi connectivity index (χ0n) is 8.76. The van der Waals surface area contributed by atoms with Gasteiger partial charge in [0.2, 0.25) is 0 Å². The molecule has 0 aliphatic carbocycles. The van der Waals surface area contributed by atoms with Crippen LogP contribution in [0.3, 0.4) is 0 Å². The molecule has 0 saturated carbocycles. The summed E-state index contributed by atoms with van der Waals surface area (Å²) in [4.78, 5) is 22.0. The van der Waals surface area contributed by atoms with Crippen LogP contribution < -0.4 is 0 Å². The lowest BCUT2D eigenvalue weighted by atomic mass is 10.4. The lowest BCUT2D eigenvalue weighted by Crippen LogP contribution is -2.26. The Bertz CT molecular complexity index is 245. The van der Waals surface area contributed by atoms with E-state index in [9.17, 15) is 9.59 Å². The van der Waals surface area contributed by atoms with Crippen molar-refractivity contribution in [1.29, 1.82) is 0 Å². The van der Waals surface area contributed by atoms with Gasteiger partial charge in [-0.05, 0) is 13.8 Å². The minimum absolute atomic E-state index is 0.168. The van der Waals surface area contributed by atoms with Crippen molar-refractivity contribution in [1.82, 2.24) is 0 Å². The number of cyclic esters (lactones) is 2. The SMILES string of the molecule is CC1COC(=O)C=CC(=O)OCC(C)O1. The van der Waals surface area contributed by atoms with Crippen molar-refractivity contribution in [3.63, 3.8) is 0 Å². The molecular formula is C10H14O5. The average Bonchev–Trinajstić information content (AvgIpc) is 2.21. The van der Waals surface area contributed by atoms with Crippen molar-refractivity contribution in [2.24, 2.45) is 0 Å². The Labute approximate surface area is 88.0 Å². The third-order valence-corrected chi connectivity index (χ3v) is 1.74. The summed E-state index contributed by atoms with van der Waals surface area (Å²) in [6.45, 7) is 3.91. The summed E-state index contributed by atoms with van der Waals surface area (Å²) in [7, 11) is 0. The first-order valence-electron chi connectivity index (χ1n) is 4.75. The van der Waals surface area contributed by atoms with Crippen LogP contribution in [0, 0.1) is 0 Å². The Kier molecular flexibility index (Phi) is 4.30. The highest BCUT2D eigenvalue weighted by Gasteiger charge is 2.13. The van der Waals surface area contributed by atoms with E-state index < -0.39 is 11.9 Å². The van der Waals surface area contributed by atoms with E-state index in [-0.39, 0.29) is 25.4 Å². The molecule has 84 valence electrons. The van der Waals surface area contributed by atoms with Crippen molar-refractivity contribution < 1.29 is 23.8 Å². The van der Waals surface area contributed by atoms with Gasteiger partial charge in [0.05, 0.1) is 12.2 Å². The monoisotopic (exact) mass is 214 g/mol. The standard InChI is InChI=1S/C10H14O5/c1-7-5-13-9(11)3-4-10(12)14-6-8(2)15-7/h3-4,7-8H,5-6H2,1-2H3. The lowest BCUT2D eigenvalue weighted by molar-refractivity contribution is -0.145. The van der Waals surface area contributed by atoms with Gasteiger partial charge in [-0.1, -0.05) is 0 Å². The van der Waals surface area contributed by atoms with Crippen molar-refractivity contribution in [3.05, 3.63) is 12.2 Å². The molecule has 0 bridgehead atoms. The quantitative estimate of drug-likeness (QED) is 0.547. The van der Waals surface area contributed by atoms with Crippen LogP contribution in [0.1, 0.15) is 13.8 Å². The van der Waals surface area contributed by atoms with Gasteiger partial charge < -0.3 is 14.2 Å². The largest absolute Gasteiger partial charge is 0.460 e. The molecule has 0 amide bonds. The van der Waals surface area contributed by atoms with Gasteiger partial charge in [-0.15, -0.1) is 0 Å². The fraction of sp³-hybridized carbons (Fsp3) is 0.600. The molecule has 1 aliphatic heterocycles. The molecular weight excluding hydrogens is 200 g/mol. The van der Waals surface area contributed by atoms with Gasteiger partial charge >= 0.3 is 11.9 Å². The number of esters is 2. The molecule has 0 aromatic heterocycles. The predicted molar refractivity (Wildman–Crippen MR) is 51.1 cm³/mol. The molecule has 0 aromatic carbocycles. The van der Waals surface area contributed by atoms with Gasteiger partial charge in [-0.2, -0.15) is 0 Å². The molecule has 2 unspecified atom stereocenters. The summed E-state index contributed by atoms with van der Waals surface area (Å²) < 4.78 is 15.0. The zero-order valence-corrected chi connectivity index (χ0v) is 8.76. The summed E-state index contributed by atoms with van der Waals surface area (Å²) >= 11 is 0. The molecule has 5 nitrogen and oxygen atoms in total. The van der Waals surface area contributed by atoms with Crippen LogP contribution in [0.2, 0.25) is 0 Å². The molecule has 1 heterocycles. The van der Waals surface area contributed by atoms with Crippen LogP contribution in [0.4, 0.5) is 0 Å². The fourth-order valence-electron chi connectivity index (χ4n) is 1.11. The second kappa shape index (κ2) is 5.50. The van der Waals surface area contributed by atoms with Gasteiger partial charge in [0.15, 0.2) is 0 Å². The molecule has 0 radical (unpaired) electrons. The number of hydrogen-bond donors (Lipinski definition) is 0. The summed E-state index contributed by atoms with van der Waals surface area (Å²) in [6.07, 6.45) is 1.67. The highest BCUT2D eigenvalue weighted by Crippen LogP contribution is 2.02. The summed E-state index contributed by atoms with van der Waals surface area (Å²) in [5.41, 5.74) is 0. The van der Waals surface area contributed by atoms with Crippen molar-refractivity contribution in [3.8, 4) is 0 Å². The van der Waals surface area contributed by atoms with E-state index >= 15 is 0 Å². The molecule has 0 saturated heterocycles. The number of ether oxygens (including phenoxy) is 3. The molecule has 2 atom stereocenters. The highest BCUT2D eigenvalue weighted by atomic mass is 16.6. The van der Waals surface area contributed by atoms with Crippen molar-refractivity contribution >= 4 is 11.9 Å². The molecule has 0 spiro atoms. The fourth-order valence-corrected chi connectivity index (χ4v) is 1.11. The van der Waals surface area contributed by atoms with Crippen molar-refractivity contribution in [2.75, 3.05) is 13.2 Å². The second-order valence-electron chi connectivity index (χ2n) is 3.35. The first kappa shape index (κ1) is 11.7. The van der Waals surface area contributed by atoms with E-state index in [1.165, 1.54) is 0 Å². The van der Waals surface area contributed by atoms with E-state index in [0.717, 1.165) is 12.2 Å². The van der Waals surface area contributed by atoms with E-state index in [4.69, 9.17) is 14.2 Å². The number of carbonyl (C=O) groups excluding carboxylic acids is 2. The molecule has 1 aliphatic rings. The van der Waals surface area contributed by atoms with E-state index in [1.54, 1.807) is 13.8 Å². The second-order valence-corrected chi connectivity index (χ2v) is 3.35. The highest BCUT2D eigenvalue weighted by molar-refractivity contribution is 5.91. The van der Waals surface area contributed by atoms with Gasteiger partial charge in [0.25, 0.3) is 0 Å². The Hall–Kier alpha value is -1.36. The van der Waals surface area contributed by atoms with Gasteiger partial charge in [-0.3, -0.25) is 0 Å². The topological polar surface area (TPSA) is 61.8 Å². The molecule has 5 heteroatoms. The van der Waals surface area contributed by atoms with Crippen LogP contribution in [-0.2, 0) is 23.8 Å². The van der Waals surface area contributed by atoms with Crippen LogP contribution in [-0.4, -0.2) is 37.4 Å². The Morgan fingerprint density at radius 3 is 1.80 bits per heavy atom. The van der Waals surface area contributed by atoms with Crippen molar-refractivity contribution in [2.45, 2.75) is 26.1 Å². The van der Waals surface area contributed by atoms with Gasteiger partial charge in [-0.25, -0.2) is 9.59 Å². The first-order chi connectivity index (χ1) is 7.08. The van der Waals surface area contributed by atoms with E-state index in [1.807, 2.05) is 0 Å². The molecule has 15 heavy (non-hydrogen) atoms. The maximum absolute atomic E-state index is 11.0. The Morgan fingerprint density at radius 1 is 1.00 bits per heavy atom. The first-order valence-corrected chi connectivity index (χ1v) is 4.75. The van der Waals surface area contributed by atoms with Gasteiger partial charge in [0, 0.05) is 12.2 Å². The summed E-state index contributed by atoms with van der Waals surface area (Å²) in [5, 5.41) is 0. The smallest absolute Gasteiger partial charge is 0.331 e. The lowest BCUT2D eigenvalue weighted by Gasteiger charge is -2.17. The van der Waals surface area contributed by atoms with Gasteiger partial charge in [0.1, 0.15) is 13.2 Å². The van der Waals surface area contributed by atoms with Crippen LogP contribution in [0.25, 0.3) is 0 Å². The van der Waals surface area contributed by atoms with Crippen LogP contribution >= 0.6 is 0 Å². The normalized spacial score (nSPS) is 28.9. The van der Waals surface area contributed by atoms with Crippen LogP contribution in [0.5, 0.6) is 0 Å². The minimum Gasteiger partial charge on any atom is -0.460 e. The maximum atomic E-state index is 11.0. The number of carbonyl (C=O) groups is 2. The summed E-state index contributed by atoms with van der Waals surface area (Å²) in [6, 6.07) is 0. The molecule has 0 aromatic rings. The maximum Gasteiger partial charge on any atom is 0.331 e. The molecule has 1 rings (SSSR count). The molecule has 0 fully saturated rings. The summed E-state index contributed by atoms with van der Waals surface area (Å²) in [5.74, 6) is -1.14. The Morgan fingerprint density at radius 2 is 1.40 bits per heavy atom. The Balaban J connectivity index is 2.61. The average molecular weight is 214 g/mol. The number of rotatable bonds is 0. The van der Waals surface area contributed by atoms with E-state index in [2.05, 4.69) is 0 Å². The number of hydrogen-bond acceptors (Lipinski definition) is 5. The predicted octanol–water partition coefficient (Wildman–Crippen LogP) is 0.436. The third kappa shape index (κ3) is 4.60. The minimum atomic E-state index is -0.572. The third-order valence-electron chi connectivity index (χ3n) is 1.74. The van der Waals surface area contributed by atoms with Crippen LogP contribution in [0.15, 0.2) is 12.2 Å².